The number of nitrogens with one attached hydrogen (secondary N) is 1. The van der Waals surface area contributed by atoms with Gasteiger partial charge in [0.1, 0.15) is 0 Å². The van der Waals surface area contributed by atoms with E-state index in [4.69, 9.17) is 0 Å². The van der Waals surface area contributed by atoms with E-state index in [9.17, 15) is 4.79 Å². The lowest BCUT2D eigenvalue weighted by Crippen LogP contribution is -2.26. The third-order valence-corrected chi connectivity index (χ3v) is 4.46. The molecule has 0 saturated heterocycles. The lowest BCUT2D eigenvalue weighted by Gasteiger charge is -2.25. The lowest BCUT2D eigenvalue weighted by atomic mass is 9.97. The molecule has 0 saturated carbocycles. The maximum Gasteiger partial charge on any atom is 0.248 e. The predicted molar refractivity (Wildman–Crippen MR) is 100.0 cm³/mol. The summed E-state index contributed by atoms with van der Waals surface area (Å²) in [5.74, 6) is -0.0990. The van der Waals surface area contributed by atoms with Gasteiger partial charge in [-0.25, -0.2) is 0 Å². The van der Waals surface area contributed by atoms with Gasteiger partial charge in [-0.1, -0.05) is 37.3 Å². The number of aryl methyl sites for hydroxylation is 1. The molecule has 2 aromatic rings. The van der Waals surface area contributed by atoms with E-state index >= 15 is 0 Å². The van der Waals surface area contributed by atoms with Crippen molar-refractivity contribution in [3.05, 3.63) is 70.8 Å². The number of carbonyl (C=O) groups is 1. The second-order valence-corrected chi connectivity index (χ2v) is 6.39. The minimum atomic E-state index is -0.0990. The number of rotatable bonds is 4. The van der Waals surface area contributed by atoms with Gasteiger partial charge in [0.25, 0.3) is 0 Å². The van der Waals surface area contributed by atoms with Crippen LogP contribution in [-0.4, -0.2) is 24.4 Å². The maximum atomic E-state index is 12.1. The van der Waals surface area contributed by atoms with Gasteiger partial charge < -0.3 is 10.2 Å². The van der Waals surface area contributed by atoms with Gasteiger partial charge in [-0.3, -0.25) is 4.79 Å². The number of benzene rings is 2. The van der Waals surface area contributed by atoms with Crippen molar-refractivity contribution in [1.29, 1.82) is 0 Å². The highest BCUT2D eigenvalue weighted by Crippen LogP contribution is 2.20. The molecule has 0 spiro atoms. The van der Waals surface area contributed by atoms with Gasteiger partial charge >= 0.3 is 0 Å². The fraction of sp³-hybridized carbons (Fsp3) is 0.286. The summed E-state index contributed by atoms with van der Waals surface area (Å²) < 4.78 is 0. The minimum Gasteiger partial charge on any atom is -0.323 e. The van der Waals surface area contributed by atoms with Crippen molar-refractivity contribution in [2.45, 2.75) is 26.3 Å². The van der Waals surface area contributed by atoms with Crippen LogP contribution in [0.1, 0.15) is 29.2 Å². The van der Waals surface area contributed by atoms with E-state index in [2.05, 4.69) is 48.5 Å². The largest absolute Gasteiger partial charge is 0.323 e. The summed E-state index contributed by atoms with van der Waals surface area (Å²) >= 11 is 0. The fourth-order valence-corrected chi connectivity index (χ4v) is 3.05. The molecule has 0 radical (unpaired) electrons. The van der Waals surface area contributed by atoms with Crippen molar-refractivity contribution in [3.63, 3.8) is 0 Å². The molecule has 3 rings (SSSR count). The molecule has 2 aromatic carbocycles. The Labute approximate surface area is 144 Å². The van der Waals surface area contributed by atoms with Crippen molar-refractivity contribution in [1.82, 2.24) is 4.90 Å². The normalized spacial score (nSPS) is 14.6. The molecule has 0 fully saturated rings. The standard InChI is InChI=1S/C21H24N2O/c1-3-16-5-4-6-20(14-16)22-21(24)10-8-17-7-9-18-11-12-23(2)15-19(18)13-17/h4-10,13-14H,3,11-12,15H2,1-2H3,(H,22,24). The average molecular weight is 320 g/mol. The Morgan fingerprint density at radius 1 is 1.21 bits per heavy atom. The quantitative estimate of drug-likeness (QED) is 0.867. The summed E-state index contributed by atoms with van der Waals surface area (Å²) in [6, 6.07) is 14.4. The number of amides is 1. The van der Waals surface area contributed by atoms with Crippen LogP contribution in [0, 0.1) is 0 Å². The number of hydrogen-bond acceptors (Lipinski definition) is 2. The molecule has 1 aliphatic heterocycles. The summed E-state index contributed by atoms with van der Waals surface area (Å²) in [5.41, 5.74) is 5.92. The predicted octanol–water partition coefficient (Wildman–Crippen LogP) is 3.89. The Kier molecular flexibility index (Phi) is 5.11. The van der Waals surface area contributed by atoms with Crippen LogP contribution in [0.4, 0.5) is 5.69 Å². The zero-order valence-electron chi connectivity index (χ0n) is 14.4. The van der Waals surface area contributed by atoms with Gasteiger partial charge in [0.05, 0.1) is 0 Å². The zero-order valence-corrected chi connectivity index (χ0v) is 14.4. The SMILES string of the molecule is CCc1cccc(NC(=O)C=Cc2ccc3c(c2)CN(C)CC3)c1. The Bertz CT molecular complexity index is 764. The third kappa shape index (κ3) is 4.12. The number of hydrogen-bond donors (Lipinski definition) is 1. The Morgan fingerprint density at radius 2 is 2.08 bits per heavy atom. The van der Waals surface area contributed by atoms with Gasteiger partial charge in [-0.2, -0.15) is 0 Å². The van der Waals surface area contributed by atoms with Crippen LogP contribution in [0.25, 0.3) is 6.08 Å². The van der Waals surface area contributed by atoms with Gasteiger partial charge in [0.15, 0.2) is 0 Å². The Morgan fingerprint density at radius 3 is 2.92 bits per heavy atom. The van der Waals surface area contributed by atoms with Gasteiger partial charge in [-0.15, -0.1) is 0 Å². The molecular weight excluding hydrogens is 296 g/mol. The molecule has 0 bridgehead atoms. The van der Waals surface area contributed by atoms with E-state index in [0.29, 0.717) is 0 Å². The highest BCUT2D eigenvalue weighted by atomic mass is 16.1. The highest BCUT2D eigenvalue weighted by molar-refractivity contribution is 6.01. The molecule has 1 aliphatic rings. The van der Waals surface area contributed by atoms with Crippen molar-refractivity contribution in [2.24, 2.45) is 0 Å². The monoisotopic (exact) mass is 320 g/mol. The van der Waals surface area contributed by atoms with E-state index in [0.717, 1.165) is 37.2 Å². The molecule has 1 N–H and O–H groups in total. The van der Waals surface area contributed by atoms with E-state index in [1.165, 1.54) is 16.7 Å². The molecule has 24 heavy (non-hydrogen) atoms. The van der Waals surface area contributed by atoms with E-state index in [-0.39, 0.29) is 5.91 Å². The molecule has 3 nitrogen and oxygen atoms in total. The van der Waals surface area contributed by atoms with Crippen LogP contribution in [-0.2, 0) is 24.2 Å². The molecule has 0 atom stereocenters. The van der Waals surface area contributed by atoms with Crippen LogP contribution in [0.5, 0.6) is 0 Å². The topological polar surface area (TPSA) is 32.3 Å². The third-order valence-electron chi connectivity index (χ3n) is 4.46. The van der Waals surface area contributed by atoms with Crippen LogP contribution in [0.3, 0.4) is 0 Å². The fourth-order valence-electron chi connectivity index (χ4n) is 3.05. The average Bonchev–Trinajstić information content (AvgIpc) is 2.59. The maximum absolute atomic E-state index is 12.1. The number of nitrogens with zero attached hydrogens (tertiary/aromatic N) is 1. The first kappa shape index (κ1) is 16.5. The zero-order chi connectivity index (χ0) is 16.9. The summed E-state index contributed by atoms with van der Waals surface area (Å²) in [6.45, 7) is 4.20. The molecule has 0 aromatic heterocycles. The van der Waals surface area contributed by atoms with Gasteiger partial charge in [0, 0.05) is 24.9 Å². The van der Waals surface area contributed by atoms with Gasteiger partial charge in [0.2, 0.25) is 5.91 Å². The molecule has 3 heteroatoms. The second kappa shape index (κ2) is 7.45. The smallest absolute Gasteiger partial charge is 0.248 e. The molecular formula is C21H24N2O. The van der Waals surface area contributed by atoms with Crippen molar-refractivity contribution in [2.75, 3.05) is 18.9 Å². The number of carbonyl (C=O) groups excluding carboxylic acids is 1. The molecule has 124 valence electrons. The van der Waals surface area contributed by atoms with E-state index in [1.807, 2.05) is 24.3 Å². The van der Waals surface area contributed by atoms with Crippen LogP contribution in [0.2, 0.25) is 0 Å². The van der Waals surface area contributed by atoms with Crippen LogP contribution >= 0.6 is 0 Å². The summed E-state index contributed by atoms with van der Waals surface area (Å²) in [7, 11) is 2.14. The number of fused-ring (bicyclic) bond motifs is 1. The Balaban J connectivity index is 1.66. The number of likely N-dealkylation sites (N-methyl/N-ethyl adjacent to an activating group) is 1. The van der Waals surface area contributed by atoms with Gasteiger partial charge in [-0.05, 0) is 60.4 Å². The molecule has 1 heterocycles. The summed E-state index contributed by atoms with van der Waals surface area (Å²) in [5, 5.41) is 2.92. The first-order valence-electron chi connectivity index (χ1n) is 8.52. The van der Waals surface area contributed by atoms with Crippen LogP contribution in [0.15, 0.2) is 48.5 Å². The molecule has 0 aliphatic carbocycles. The van der Waals surface area contributed by atoms with E-state index < -0.39 is 0 Å². The van der Waals surface area contributed by atoms with Crippen molar-refractivity contribution < 1.29 is 4.79 Å². The molecule has 1 amide bonds. The van der Waals surface area contributed by atoms with Crippen molar-refractivity contribution >= 4 is 17.7 Å². The summed E-state index contributed by atoms with van der Waals surface area (Å²) in [6.07, 6.45) is 5.55. The highest BCUT2D eigenvalue weighted by Gasteiger charge is 2.12. The van der Waals surface area contributed by atoms with E-state index in [1.54, 1.807) is 6.08 Å². The number of anilines is 1. The summed E-state index contributed by atoms with van der Waals surface area (Å²) in [4.78, 5) is 14.4. The Hall–Kier alpha value is -2.39. The lowest BCUT2D eigenvalue weighted by molar-refractivity contribution is -0.111. The first-order valence-corrected chi connectivity index (χ1v) is 8.52. The minimum absolute atomic E-state index is 0.0990. The molecule has 0 unspecified atom stereocenters. The van der Waals surface area contributed by atoms with Crippen LogP contribution < -0.4 is 5.32 Å². The van der Waals surface area contributed by atoms with Crippen molar-refractivity contribution in [3.8, 4) is 0 Å². The first-order chi connectivity index (χ1) is 11.6. The second-order valence-electron chi connectivity index (χ2n) is 6.39.